The lowest BCUT2D eigenvalue weighted by atomic mass is 10.2. The average Bonchev–Trinajstić information content (AvgIpc) is 3.16. The van der Waals surface area contributed by atoms with E-state index in [1.54, 1.807) is 6.33 Å². The van der Waals surface area contributed by atoms with Crippen molar-refractivity contribution in [2.24, 2.45) is 0 Å². The summed E-state index contributed by atoms with van der Waals surface area (Å²) in [5.41, 5.74) is 2.21. The molecule has 0 aliphatic carbocycles. The molecule has 4 rings (SSSR count). The van der Waals surface area contributed by atoms with E-state index in [-0.39, 0.29) is 6.79 Å². The number of nitrogens with one attached hydrogen (secondary N) is 1. The van der Waals surface area contributed by atoms with Gasteiger partial charge >= 0.3 is 0 Å². The molecule has 1 aliphatic rings. The number of para-hydroxylation sites is 1. The molecule has 0 spiro atoms. The predicted octanol–water partition coefficient (Wildman–Crippen LogP) is 3.98. The number of hydrogen-bond acceptors (Lipinski definition) is 6. The highest BCUT2D eigenvalue weighted by Crippen LogP contribution is 2.32. The van der Waals surface area contributed by atoms with Gasteiger partial charge in [0.25, 0.3) is 0 Å². The SMILES string of the molecule is CCN(c1ccccc1)c1cc(NCc2ccc3c(c2)OCO3)ncn1. The summed E-state index contributed by atoms with van der Waals surface area (Å²) in [6, 6.07) is 18.1. The van der Waals surface area contributed by atoms with Crippen molar-refractivity contribution in [2.75, 3.05) is 23.6 Å². The maximum atomic E-state index is 5.42. The number of hydrogen-bond donors (Lipinski definition) is 1. The van der Waals surface area contributed by atoms with Gasteiger partial charge in [0.15, 0.2) is 11.5 Å². The Morgan fingerprint density at radius 1 is 1.00 bits per heavy atom. The molecule has 0 fully saturated rings. The minimum absolute atomic E-state index is 0.286. The van der Waals surface area contributed by atoms with Crippen LogP contribution in [0.2, 0.25) is 0 Å². The molecule has 6 nitrogen and oxygen atoms in total. The topological polar surface area (TPSA) is 59.5 Å². The Bertz CT molecular complexity index is 886. The molecule has 3 aromatic rings. The average molecular weight is 348 g/mol. The zero-order valence-corrected chi connectivity index (χ0v) is 14.6. The number of nitrogens with zero attached hydrogens (tertiary/aromatic N) is 3. The van der Waals surface area contributed by atoms with E-state index in [9.17, 15) is 0 Å². The first-order chi connectivity index (χ1) is 12.8. The summed E-state index contributed by atoms with van der Waals surface area (Å²) in [5, 5.41) is 3.35. The molecule has 0 bridgehead atoms. The van der Waals surface area contributed by atoms with Gasteiger partial charge in [-0.15, -0.1) is 0 Å². The highest BCUT2D eigenvalue weighted by atomic mass is 16.7. The van der Waals surface area contributed by atoms with Crippen molar-refractivity contribution in [1.29, 1.82) is 0 Å². The maximum absolute atomic E-state index is 5.42. The molecule has 0 saturated heterocycles. The largest absolute Gasteiger partial charge is 0.454 e. The van der Waals surface area contributed by atoms with Crippen LogP contribution in [0.25, 0.3) is 0 Å². The fourth-order valence-electron chi connectivity index (χ4n) is 2.92. The summed E-state index contributed by atoms with van der Waals surface area (Å²) in [5.74, 6) is 3.22. The Morgan fingerprint density at radius 3 is 2.69 bits per heavy atom. The van der Waals surface area contributed by atoms with Gasteiger partial charge in [-0.25, -0.2) is 9.97 Å². The van der Waals surface area contributed by atoms with Crippen LogP contribution in [0.15, 0.2) is 60.9 Å². The van der Waals surface area contributed by atoms with Crippen molar-refractivity contribution in [3.05, 3.63) is 66.5 Å². The fraction of sp³-hybridized carbons (Fsp3) is 0.200. The first-order valence-corrected chi connectivity index (χ1v) is 8.60. The van der Waals surface area contributed by atoms with E-state index in [0.717, 1.165) is 40.9 Å². The third-order valence-corrected chi connectivity index (χ3v) is 4.22. The number of rotatable bonds is 6. The molecular weight excluding hydrogens is 328 g/mol. The van der Waals surface area contributed by atoms with Gasteiger partial charge in [0.1, 0.15) is 18.0 Å². The van der Waals surface area contributed by atoms with E-state index in [4.69, 9.17) is 9.47 Å². The van der Waals surface area contributed by atoms with Crippen LogP contribution < -0.4 is 19.7 Å². The summed E-state index contributed by atoms with van der Waals surface area (Å²) >= 11 is 0. The van der Waals surface area contributed by atoms with Crippen molar-refractivity contribution in [1.82, 2.24) is 9.97 Å². The molecule has 1 aliphatic heterocycles. The highest BCUT2D eigenvalue weighted by molar-refractivity contribution is 5.62. The summed E-state index contributed by atoms with van der Waals surface area (Å²) in [6.07, 6.45) is 1.59. The quantitative estimate of drug-likeness (QED) is 0.727. The first-order valence-electron chi connectivity index (χ1n) is 8.60. The molecule has 2 heterocycles. The molecule has 0 unspecified atom stereocenters. The Kier molecular flexibility index (Phi) is 4.55. The van der Waals surface area contributed by atoms with E-state index in [1.165, 1.54) is 0 Å². The van der Waals surface area contributed by atoms with E-state index >= 15 is 0 Å². The minimum atomic E-state index is 0.286. The molecule has 0 saturated carbocycles. The molecule has 0 amide bonds. The normalized spacial score (nSPS) is 12.0. The molecule has 2 aromatic carbocycles. The smallest absolute Gasteiger partial charge is 0.231 e. The molecule has 132 valence electrons. The number of fused-ring (bicyclic) bond motifs is 1. The van der Waals surface area contributed by atoms with Crippen LogP contribution >= 0.6 is 0 Å². The second-order valence-corrected chi connectivity index (χ2v) is 5.88. The lowest BCUT2D eigenvalue weighted by Gasteiger charge is -2.22. The van der Waals surface area contributed by atoms with Gasteiger partial charge in [-0.05, 0) is 36.8 Å². The van der Waals surface area contributed by atoms with Crippen molar-refractivity contribution in [3.8, 4) is 11.5 Å². The van der Waals surface area contributed by atoms with Crippen LogP contribution in [-0.4, -0.2) is 23.3 Å². The second-order valence-electron chi connectivity index (χ2n) is 5.88. The summed E-state index contributed by atoms with van der Waals surface area (Å²) in [7, 11) is 0. The van der Waals surface area contributed by atoms with Gasteiger partial charge in [0, 0.05) is 24.8 Å². The van der Waals surface area contributed by atoms with Crippen molar-refractivity contribution >= 4 is 17.3 Å². The van der Waals surface area contributed by atoms with Gasteiger partial charge in [-0.3, -0.25) is 0 Å². The Morgan fingerprint density at radius 2 is 1.85 bits per heavy atom. The molecule has 6 heteroatoms. The monoisotopic (exact) mass is 348 g/mol. The number of anilines is 3. The standard InChI is InChI=1S/C20H20N4O2/c1-2-24(16-6-4-3-5-7-16)20-11-19(22-13-23-20)21-12-15-8-9-17-18(10-15)26-14-25-17/h3-11,13H,2,12,14H2,1H3,(H,21,22,23). The van der Waals surface area contributed by atoms with E-state index in [1.807, 2.05) is 42.5 Å². The molecule has 1 N–H and O–H groups in total. The van der Waals surface area contributed by atoms with Crippen molar-refractivity contribution in [2.45, 2.75) is 13.5 Å². The molecule has 1 aromatic heterocycles. The predicted molar refractivity (Wildman–Crippen MR) is 101 cm³/mol. The van der Waals surface area contributed by atoms with E-state index < -0.39 is 0 Å². The maximum Gasteiger partial charge on any atom is 0.231 e. The van der Waals surface area contributed by atoms with Gasteiger partial charge in [-0.2, -0.15) is 0 Å². The molecular formula is C20H20N4O2. The van der Waals surface area contributed by atoms with Gasteiger partial charge < -0.3 is 19.7 Å². The van der Waals surface area contributed by atoms with Gasteiger partial charge in [-0.1, -0.05) is 24.3 Å². The molecule has 0 atom stereocenters. The van der Waals surface area contributed by atoms with Crippen LogP contribution in [0.3, 0.4) is 0 Å². The summed E-state index contributed by atoms with van der Waals surface area (Å²) in [4.78, 5) is 10.9. The molecule has 26 heavy (non-hydrogen) atoms. The highest BCUT2D eigenvalue weighted by Gasteiger charge is 2.13. The van der Waals surface area contributed by atoms with Crippen LogP contribution in [0, 0.1) is 0 Å². The van der Waals surface area contributed by atoms with Crippen LogP contribution in [0.5, 0.6) is 11.5 Å². The fourth-order valence-corrected chi connectivity index (χ4v) is 2.92. The van der Waals surface area contributed by atoms with Crippen LogP contribution in [0.1, 0.15) is 12.5 Å². The Hall–Kier alpha value is -3.28. The minimum Gasteiger partial charge on any atom is -0.454 e. The van der Waals surface area contributed by atoms with Gasteiger partial charge in [0.2, 0.25) is 6.79 Å². The number of benzene rings is 2. The lowest BCUT2D eigenvalue weighted by Crippen LogP contribution is -2.17. The lowest BCUT2D eigenvalue weighted by molar-refractivity contribution is 0.174. The summed E-state index contributed by atoms with van der Waals surface area (Å²) < 4.78 is 10.8. The van der Waals surface area contributed by atoms with Crippen LogP contribution in [-0.2, 0) is 6.54 Å². The zero-order valence-electron chi connectivity index (χ0n) is 14.6. The third kappa shape index (κ3) is 3.39. The number of aromatic nitrogens is 2. The Balaban J connectivity index is 1.49. The van der Waals surface area contributed by atoms with Crippen molar-refractivity contribution in [3.63, 3.8) is 0 Å². The van der Waals surface area contributed by atoms with Crippen molar-refractivity contribution < 1.29 is 9.47 Å². The van der Waals surface area contributed by atoms with E-state index in [0.29, 0.717) is 6.54 Å². The van der Waals surface area contributed by atoms with Crippen LogP contribution in [0.4, 0.5) is 17.3 Å². The van der Waals surface area contributed by atoms with Gasteiger partial charge in [0.05, 0.1) is 0 Å². The summed E-state index contributed by atoms with van der Waals surface area (Å²) in [6.45, 7) is 3.86. The Labute approximate surface area is 152 Å². The molecule has 0 radical (unpaired) electrons. The zero-order chi connectivity index (χ0) is 17.8. The second kappa shape index (κ2) is 7.31. The number of ether oxygens (including phenoxy) is 2. The van der Waals surface area contributed by atoms with E-state index in [2.05, 4.69) is 39.2 Å². The third-order valence-electron chi connectivity index (χ3n) is 4.22. The first kappa shape index (κ1) is 16.2.